The number of carbonyl (C=O) groups excluding carboxylic acids is 3. The molecule has 228 valence electrons. The summed E-state index contributed by atoms with van der Waals surface area (Å²) in [5, 5.41) is 0. The van der Waals surface area contributed by atoms with Crippen LogP contribution in [0, 0.1) is 17.8 Å². The van der Waals surface area contributed by atoms with E-state index in [0.29, 0.717) is 37.2 Å². The van der Waals surface area contributed by atoms with Gasteiger partial charge >= 0.3 is 18.5 Å². The first kappa shape index (κ1) is 34.8. The van der Waals surface area contributed by atoms with Gasteiger partial charge in [0, 0.05) is 6.42 Å². The van der Waals surface area contributed by atoms with Crippen LogP contribution in [-0.4, -0.2) is 56.6 Å². The van der Waals surface area contributed by atoms with Crippen molar-refractivity contribution in [3.05, 3.63) is 0 Å². The Morgan fingerprint density at radius 1 is 0.538 bits per heavy atom. The van der Waals surface area contributed by atoms with Crippen LogP contribution in [-0.2, 0) is 28.4 Å². The molecule has 0 bridgehead atoms. The highest BCUT2D eigenvalue weighted by Crippen LogP contribution is 2.28. The fourth-order valence-corrected chi connectivity index (χ4v) is 4.35. The molecule has 3 atom stereocenters. The van der Waals surface area contributed by atoms with E-state index in [9.17, 15) is 14.4 Å². The molecule has 9 heteroatoms. The Kier molecular flexibility index (Phi) is 18.5. The van der Waals surface area contributed by atoms with E-state index in [1.165, 1.54) is 0 Å². The molecule has 0 saturated heterocycles. The third-order valence-corrected chi connectivity index (χ3v) is 6.63. The molecule has 0 aromatic carbocycles. The molecule has 0 radical (unpaired) electrons. The van der Waals surface area contributed by atoms with Gasteiger partial charge in [0.1, 0.15) is 18.3 Å². The van der Waals surface area contributed by atoms with E-state index < -0.39 is 36.8 Å². The lowest BCUT2D eigenvalue weighted by atomic mass is 9.92. The first-order chi connectivity index (χ1) is 18.6. The van der Waals surface area contributed by atoms with Crippen molar-refractivity contribution in [2.45, 2.75) is 137 Å². The van der Waals surface area contributed by atoms with Crippen LogP contribution in [0.5, 0.6) is 0 Å². The van der Waals surface area contributed by atoms with Crippen molar-refractivity contribution in [1.29, 1.82) is 0 Å². The van der Waals surface area contributed by atoms with Crippen LogP contribution < -0.4 is 0 Å². The molecule has 0 amide bonds. The second-order valence-corrected chi connectivity index (χ2v) is 11.8. The standard InChI is InChI=1S/C30H54O9/c1-22(2)13-7-10-18-34-28(31)37-25-16-17-26(38-29(32)35-19-11-8-14-23(3)4)27(21-25)39-30(33)36-20-12-9-15-24(5)6/h22-27H,7-21H2,1-6H3. The molecule has 1 fully saturated rings. The second-order valence-electron chi connectivity index (χ2n) is 11.8. The zero-order chi connectivity index (χ0) is 29.0. The van der Waals surface area contributed by atoms with Crippen LogP contribution in [0.1, 0.15) is 119 Å². The average molecular weight is 559 g/mol. The third-order valence-electron chi connectivity index (χ3n) is 6.63. The molecule has 9 nitrogen and oxygen atoms in total. The fraction of sp³-hybridized carbons (Fsp3) is 0.900. The summed E-state index contributed by atoms with van der Waals surface area (Å²) >= 11 is 0. The van der Waals surface area contributed by atoms with Crippen LogP contribution in [0.25, 0.3) is 0 Å². The summed E-state index contributed by atoms with van der Waals surface area (Å²) in [5.74, 6) is 1.81. The van der Waals surface area contributed by atoms with Crippen molar-refractivity contribution in [2.75, 3.05) is 19.8 Å². The van der Waals surface area contributed by atoms with Crippen molar-refractivity contribution in [3.8, 4) is 0 Å². The normalized spacial score (nSPS) is 19.2. The first-order valence-electron chi connectivity index (χ1n) is 15.1. The SMILES string of the molecule is CC(C)CCCCOC(=O)OC1CCC(OC(=O)OCCCCC(C)C)C(OC(=O)OCCCCC(C)C)C1. The molecule has 0 heterocycles. The quantitative estimate of drug-likeness (QED) is 0.0934. The second kappa shape index (κ2) is 20.7. The van der Waals surface area contributed by atoms with Crippen LogP contribution >= 0.6 is 0 Å². The molecule has 0 aromatic rings. The molecule has 0 aromatic heterocycles. The molecular formula is C30H54O9. The van der Waals surface area contributed by atoms with Gasteiger partial charge in [-0.2, -0.15) is 0 Å². The van der Waals surface area contributed by atoms with E-state index in [0.717, 1.165) is 57.8 Å². The van der Waals surface area contributed by atoms with E-state index in [1.54, 1.807) is 0 Å². The summed E-state index contributed by atoms with van der Waals surface area (Å²) < 4.78 is 32.2. The summed E-state index contributed by atoms with van der Waals surface area (Å²) in [5.41, 5.74) is 0. The van der Waals surface area contributed by atoms with E-state index in [1.807, 2.05) is 0 Å². The molecule has 1 rings (SSSR count). The van der Waals surface area contributed by atoms with Gasteiger partial charge < -0.3 is 28.4 Å². The number of hydrogen-bond acceptors (Lipinski definition) is 9. The summed E-state index contributed by atoms with van der Waals surface area (Å²) in [7, 11) is 0. The molecule has 1 aliphatic rings. The van der Waals surface area contributed by atoms with Gasteiger partial charge in [-0.05, 0) is 69.1 Å². The molecule has 0 aliphatic heterocycles. The lowest BCUT2D eigenvalue weighted by Crippen LogP contribution is -2.43. The predicted molar refractivity (Wildman–Crippen MR) is 149 cm³/mol. The van der Waals surface area contributed by atoms with Crippen molar-refractivity contribution >= 4 is 18.5 Å². The van der Waals surface area contributed by atoms with Crippen molar-refractivity contribution in [3.63, 3.8) is 0 Å². The summed E-state index contributed by atoms with van der Waals surface area (Å²) in [6, 6.07) is 0. The Morgan fingerprint density at radius 3 is 1.33 bits per heavy atom. The molecule has 39 heavy (non-hydrogen) atoms. The Hall–Kier alpha value is -2.19. The molecule has 3 unspecified atom stereocenters. The topological polar surface area (TPSA) is 107 Å². The van der Waals surface area contributed by atoms with Crippen LogP contribution in [0.15, 0.2) is 0 Å². The summed E-state index contributed by atoms with van der Waals surface area (Å²) in [6.07, 6.45) is 4.95. The third kappa shape index (κ3) is 18.7. The Morgan fingerprint density at radius 2 is 0.923 bits per heavy atom. The van der Waals surface area contributed by atoms with Crippen molar-refractivity contribution in [2.24, 2.45) is 17.8 Å². The summed E-state index contributed by atoms with van der Waals surface area (Å²) in [4.78, 5) is 36.8. The minimum Gasteiger partial charge on any atom is -0.434 e. The Balaban J connectivity index is 2.55. The first-order valence-corrected chi connectivity index (χ1v) is 15.1. The minimum absolute atomic E-state index is 0.178. The number of hydrogen-bond donors (Lipinski definition) is 0. The maximum atomic E-state index is 12.4. The van der Waals surface area contributed by atoms with Gasteiger partial charge in [-0.15, -0.1) is 0 Å². The molecule has 0 N–H and O–H groups in total. The molecule has 0 spiro atoms. The highest BCUT2D eigenvalue weighted by molar-refractivity contribution is 5.62. The van der Waals surface area contributed by atoms with E-state index >= 15 is 0 Å². The maximum Gasteiger partial charge on any atom is 0.508 e. The summed E-state index contributed by atoms with van der Waals surface area (Å²) in [6.45, 7) is 13.7. The zero-order valence-electron chi connectivity index (χ0n) is 25.2. The van der Waals surface area contributed by atoms with Gasteiger partial charge in [-0.25, -0.2) is 14.4 Å². The number of rotatable bonds is 18. The van der Waals surface area contributed by atoms with Gasteiger partial charge in [0.25, 0.3) is 0 Å². The fourth-order valence-electron chi connectivity index (χ4n) is 4.35. The monoisotopic (exact) mass is 558 g/mol. The highest BCUT2D eigenvalue weighted by Gasteiger charge is 2.38. The smallest absolute Gasteiger partial charge is 0.434 e. The van der Waals surface area contributed by atoms with Gasteiger partial charge in [0.05, 0.1) is 19.8 Å². The van der Waals surface area contributed by atoms with Crippen molar-refractivity contribution in [1.82, 2.24) is 0 Å². The molecule has 1 saturated carbocycles. The van der Waals surface area contributed by atoms with Crippen LogP contribution in [0.2, 0.25) is 0 Å². The number of unbranched alkanes of at least 4 members (excludes halogenated alkanes) is 3. The Bertz CT molecular complexity index is 677. The maximum absolute atomic E-state index is 12.4. The van der Waals surface area contributed by atoms with Gasteiger partial charge in [-0.1, -0.05) is 60.8 Å². The largest absolute Gasteiger partial charge is 0.508 e. The van der Waals surface area contributed by atoms with Crippen molar-refractivity contribution < 1.29 is 42.8 Å². The van der Waals surface area contributed by atoms with Crippen LogP contribution in [0.4, 0.5) is 14.4 Å². The lowest BCUT2D eigenvalue weighted by molar-refractivity contribution is -0.0984. The van der Waals surface area contributed by atoms with E-state index in [4.69, 9.17) is 28.4 Å². The average Bonchev–Trinajstić information content (AvgIpc) is 2.84. The lowest BCUT2D eigenvalue weighted by Gasteiger charge is -2.33. The molecule has 1 aliphatic carbocycles. The Labute approximate surface area is 235 Å². The number of carbonyl (C=O) groups is 3. The van der Waals surface area contributed by atoms with Gasteiger partial charge in [0.15, 0.2) is 0 Å². The zero-order valence-corrected chi connectivity index (χ0v) is 25.2. The predicted octanol–water partition coefficient (Wildman–Crippen LogP) is 8.21. The van der Waals surface area contributed by atoms with Gasteiger partial charge in [-0.3, -0.25) is 0 Å². The van der Waals surface area contributed by atoms with E-state index in [2.05, 4.69) is 41.5 Å². The van der Waals surface area contributed by atoms with Crippen LogP contribution in [0.3, 0.4) is 0 Å². The minimum atomic E-state index is -0.825. The highest BCUT2D eigenvalue weighted by atomic mass is 16.8. The number of ether oxygens (including phenoxy) is 6. The van der Waals surface area contributed by atoms with E-state index in [-0.39, 0.29) is 19.6 Å². The molecular weight excluding hydrogens is 504 g/mol. The van der Waals surface area contributed by atoms with Gasteiger partial charge in [0.2, 0.25) is 0 Å².